The Morgan fingerprint density at radius 2 is 2.42 bits per heavy atom. The van der Waals surface area contributed by atoms with Crippen LogP contribution in [0.5, 0.6) is 0 Å². The number of ether oxygens (including phenoxy) is 1. The van der Waals surface area contributed by atoms with E-state index < -0.39 is 16.1 Å². The summed E-state index contributed by atoms with van der Waals surface area (Å²) in [6, 6.07) is 0.881. The molecule has 9 heteroatoms. The molecule has 19 heavy (non-hydrogen) atoms. The molecule has 0 radical (unpaired) electrons. The number of pyridine rings is 1. The van der Waals surface area contributed by atoms with Gasteiger partial charge in [-0.25, -0.2) is 8.42 Å². The van der Waals surface area contributed by atoms with Gasteiger partial charge in [0.2, 0.25) is 10.0 Å². The van der Waals surface area contributed by atoms with E-state index in [-0.39, 0.29) is 30.3 Å². The zero-order valence-electron chi connectivity index (χ0n) is 10.2. The molecule has 2 heterocycles. The number of aliphatic hydroxyl groups excluding tert-OH is 1. The van der Waals surface area contributed by atoms with Crippen molar-refractivity contribution < 1.29 is 18.3 Å². The minimum atomic E-state index is -3.78. The number of aromatic nitrogens is 1. The molecule has 1 aromatic heterocycles. The fraction of sp³-hybridized carbons (Fsp3) is 0.500. The Balaban J connectivity index is 2.40. The second kappa shape index (κ2) is 5.80. The van der Waals surface area contributed by atoms with E-state index >= 15 is 0 Å². The molecule has 4 N–H and O–H groups in total. The van der Waals surface area contributed by atoms with Crippen molar-refractivity contribution in [1.82, 2.24) is 9.29 Å². The van der Waals surface area contributed by atoms with Crippen molar-refractivity contribution in [2.45, 2.75) is 10.9 Å². The average molecular weight is 288 g/mol. The fourth-order valence-electron chi connectivity index (χ4n) is 1.93. The van der Waals surface area contributed by atoms with Gasteiger partial charge < -0.3 is 15.3 Å². The molecule has 0 aliphatic carbocycles. The van der Waals surface area contributed by atoms with Crippen LogP contribution in [0.3, 0.4) is 0 Å². The number of sulfonamides is 1. The quantitative estimate of drug-likeness (QED) is 0.468. The summed E-state index contributed by atoms with van der Waals surface area (Å²) in [7, 11) is -3.78. The number of anilines is 1. The van der Waals surface area contributed by atoms with Crippen molar-refractivity contribution in [1.29, 1.82) is 0 Å². The molecule has 1 saturated heterocycles. The van der Waals surface area contributed by atoms with E-state index in [9.17, 15) is 13.5 Å². The Morgan fingerprint density at radius 3 is 3.11 bits per heavy atom. The molecular formula is C10H16N4O4S. The molecule has 8 nitrogen and oxygen atoms in total. The highest BCUT2D eigenvalue weighted by Gasteiger charge is 2.35. The van der Waals surface area contributed by atoms with E-state index in [0.717, 1.165) is 0 Å². The summed E-state index contributed by atoms with van der Waals surface area (Å²) < 4.78 is 31.5. The van der Waals surface area contributed by atoms with Crippen LogP contribution in [0, 0.1) is 0 Å². The molecule has 0 aromatic carbocycles. The molecule has 0 amide bonds. The first-order valence-corrected chi connectivity index (χ1v) is 7.16. The summed E-state index contributed by atoms with van der Waals surface area (Å²) in [5.74, 6) is 5.31. The Hall–Kier alpha value is -1.26. The lowest BCUT2D eigenvalue weighted by atomic mass is 10.3. The van der Waals surface area contributed by atoms with Gasteiger partial charge in [0.1, 0.15) is 4.90 Å². The molecule has 1 fully saturated rings. The van der Waals surface area contributed by atoms with E-state index in [4.69, 9.17) is 10.6 Å². The number of aliphatic hydroxyl groups is 1. The highest BCUT2D eigenvalue weighted by atomic mass is 32.2. The highest BCUT2D eigenvalue weighted by molar-refractivity contribution is 7.89. The second-order valence-corrected chi connectivity index (χ2v) is 5.90. The van der Waals surface area contributed by atoms with Gasteiger partial charge in [-0.1, -0.05) is 0 Å². The SMILES string of the molecule is NNc1ccncc1S(=O)(=O)N1CCOCC1CO. The van der Waals surface area contributed by atoms with Gasteiger partial charge in [0.25, 0.3) is 0 Å². The maximum absolute atomic E-state index is 12.6. The zero-order valence-corrected chi connectivity index (χ0v) is 11.0. The Labute approximate surface area is 111 Å². The molecule has 0 spiro atoms. The minimum absolute atomic E-state index is 0.0159. The van der Waals surface area contributed by atoms with Gasteiger partial charge in [-0.3, -0.25) is 10.8 Å². The minimum Gasteiger partial charge on any atom is -0.395 e. The van der Waals surface area contributed by atoms with E-state index in [0.29, 0.717) is 6.61 Å². The molecule has 1 aliphatic rings. The summed E-state index contributed by atoms with van der Waals surface area (Å²) in [6.07, 6.45) is 2.67. The van der Waals surface area contributed by atoms with Crippen molar-refractivity contribution in [3.05, 3.63) is 18.5 Å². The van der Waals surface area contributed by atoms with Crippen molar-refractivity contribution >= 4 is 15.7 Å². The topological polar surface area (TPSA) is 118 Å². The molecule has 0 saturated carbocycles. The lowest BCUT2D eigenvalue weighted by Crippen LogP contribution is -2.50. The molecule has 1 aliphatic heterocycles. The second-order valence-electron chi connectivity index (χ2n) is 4.04. The van der Waals surface area contributed by atoms with Crippen LogP contribution >= 0.6 is 0 Å². The van der Waals surface area contributed by atoms with Crippen LogP contribution in [-0.2, 0) is 14.8 Å². The summed E-state index contributed by atoms with van der Waals surface area (Å²) in [6.45, 7) is 0.347. The van der Waals surface area contributed by atoms with Gasteiger partial charge in [-0.2, -0.15) is 4.31 Å². The third-order valence-corrected chi connectivity index (χ3v) is 4.89. The maximum atomic E-state index is 12.6. The van der Waals surface area contributed by atoms with Crippen LogP contribution in [0.15, 0.2) is 23.4 Å². The van der Waals surface area contributed by atoms with Crippen LogP contribution in [0.4, 0.5) is 5.69 Å². The van der Waals surface area contributed by atoms with Gasteiger partial charge in [-0.15, -0.1) is 0 Å². The molecule has 1 atom stereocenters. The normalized spacial score (nSPS) is 21.3. The number of hydrazine groups is 1. The molecule has 0 bridgehead atoms. The van der Waals surface area contributed by atoms with E-state index in [1.165, 1.54) is 22.8 Å². The van der Waals surface area contributed by atoms with Crippen LogP contribution in [-0.4, -0.2) is 55.2 Å². The van der Waals surface area contributed by atoms with Gasteiger partial charge in [0, 0.05) is 18.9 Å². The number of hydrogen-bond donors (Lipinski definition) is 3. The van der Waals surface area contributed by atoms with Crippen molar-refractivity contribution in [3.8, 4) is 0 Å². The monoisotopic (exact) mass is 288 g/mol. The molecular weight excluding hydrogens is 272 g/mol. The fourth-order valence-corrected chi connectivity index (χ4v) is 3.62. The first kappa shape index (κ1) is 14.2. The lowest BCUT2D eigenvalue weighted by Gasteiger charge is -2.33. The van der Waals surface area contributed by atoms with Crippen LogP contribution < -0.4 is 11.3 Å². The molecule has 106 valence electrons. The number of rotatable bonds is 4. The van der Waals surface area contributed by atoms with E-state index in [2.05, 4.69) is 10.4 Å². The van der Waals surface area contributed by atoms with Crippen molar-refractivity contribution in [3.63, 3.8) is 0 Å². The van der Waals surface area contributed by atoms with Crippen molar-refractivity contribution in [2.75, 3.05) is 31.8 Å². The number of nitrogens with zero attached hydrogens (tertiary/aromatic N) is 2. The van der Waals surface area contributed by atoms with Crippen LogP contribution in [0.1, 0.15) is 0 Å². The number of nitrogens with two attached hydrogens (primary N) is 1. The van der Waals surface area contributed by atoms with E-state index in [1.807, 2.05) is 0 Å². The third kappa shape index (κ3) is 2.69. The van der Waals surface area contributed by atoms with E-state index in [1.54, 1.807) is 0 Å². The first-order valence-electron chi connectivity index (χ1n) is 5.72. The predicted octanol–water partition coefficient (Wildman–Crippen LogP) is -1.25. The number of morpholine rings is 1. The molecule has 1 unspecified atom stereocenters. The maximum Gasteiger partial charge on any atom is 0.247 e. The predicted molar refractivity (Wildman–Crippen MR) is 67.6 cm³/mol. The summed E-state index contributed by atoms with van der Waals surface area (Å²) in [5, 5.41) is 9.26. The molecule has 2 rings (SSSR count). The van der Waals surface area contributed by atoms with Gasteiger partial charge >= 0.3 is 0 Å². The van der Waals surface area contributed by atoms with Crippen molar-refractivity contribution in [2.24, 2.45) is 5.84 Å². The van der Waals surface area contributed by atoms with Crippen LogP contribution in [0.25, 0.3) is 0 Å². The standard InChI is InChI=1S/C10H16N4O4S/c11-13-9-1-2-12-5-10(9)19(16,17)14-3-4-18-7-8(14)6-15/h1-2,5,8,15H,3-4,6-7,11H2,(H,12,13). The zero-order chi connectivity index (χ0) is 13.9. The number of nitrogen functional groups attached to an aromatic ring is 1. The largest absolute Gasteiger partial charge is 0.395 e. The van der Waals surface area contributed by atoms with Gasteiger partial charge in [-0.05, 0) is 6.07 Å². The number of hydrogen-bond acceptors (Lipinski definition) is 7. The highest BCUT2D eigenvalue weighted by Crippen LogP contribution is 2.25. The summed E-state index contributed by atoms with van der Waals surface area (Å²) in [5.41, 5.74) is 2.60. The first-order chi connectivity index (χ1) is 9.11. The average Bonchev–Trinajstić information content (AvgIpc) is 2.47. The molecule has 1 aromatic rings. The summed E-state index contributed by atoms with van der Waals surface area (Å²) in [4.78, 5) is 3.79. The third-order valence-electron chi connectivity index (χ3n) is 2.91. The smallest absolute Gasteiger partial charge is 0.247 e. The van der Waals surface area contributed by atoms with Crippen LogP contribution in [0.2, 0.25) is 0 Å². The number of nitrogens with one attached hydrogen (secondary N) is 1. The Bertz CT molecular complexity index is 536. The van der Waals surface area contributed by atoms with Gasteiger partial charge in [0.05, 0.1) is 31.5 Å². The van der Waals surface area contributed by atoms with Gasteiger partial charge in [0.15, 0.2) is 0 Å². The summed E-state index contributed by atoms with van der Waals surface area (Å²) >= 11 is 0. The Kier molecular flexibility index (Phi) is 4.32. The lowest BCUT2D eigenvalue weighted by molar-refractivity contribution is 0.0109. The Morgan fingerprint density at radius 1 is 1.63 bits per heavy atom.